The molecular weight excluding hydrogens is 400 g/mol. The first-order chi connectivity index (χ1) is 14.3. The summed E-state index contributed by atoms with van der Waals surface area (Å²) in [5.41, 5.74) is 5.92. The van der Waals surface area contributed by atoms with Crippen molar-refractivity contribution in [1.29, 1.82) is 0 Å². The summed E-state index contributed by atoms with van der Waals surface area (Å²) >= 11 is 6.15. The highest BCUT2D eigenvalue weighted by Crippen LogP contribution is 2.45. The highest BCUT2D eigenvalue weighted by molar-refractivity contribution is 6.17. The molecule has 1 atom stereocenters. The van der Waals surface area contributed by atoms with Crippen molar-refractivity contribution in [3.8, 4) is 0 Å². The number of hydrogen-bond donors (Lipinski definition) is 0. The molecule has 0 unspecified atom stereocenters. The molecule has 1 aromatic carbocycles. The molecule has 6 nitrogen and oxygen atoms in total. The minimum absolute atomic E-state index is 0.268. The summed E-state index contributed by atoms with van der Waals surface area (Å²) in [6, 6.07) is 6.67. The van der Waals surface area contributed by atoms with E-state index < -0.39 is 5.41 Å². The SMILES string of the molecule is COC(=O)C(C)(C)[C@H](c1cnc(C)c(CCl)c1)c1ccc2c(nnn2C2CC2)c1C. The van der Waals surface area contributed by atoms with E-state index >= 15 is 0 Å². The molecule has 1 aliphatic rings. The van der Waals surface area contributed by atoms with Gasteiger partial charge in [0.1, 0.15) is 5.52 Å². The van der Waals surface area contributed by atoms with Gasteiger partial charge >= 0.3 is 5.97 Å². The smallest absolute Gasteiger partial charge is 0.312 e. The normalized spacial score (nSPS) is 15.4. The number of aromatic nitrogens is 4. The van der Waals surface area contributed by atoms with E-state index in [1.54, 1.807) is 0 Å². The molecule has 1 saturated carbocycles. The first kappa shape index (κ1) is 20.8. The zero-order valence-corrected chi connectivity index (χ0v) is 18.8. The third-order valence-electron chi connectivity index (χ3n) is 6.27. The van der Waals surface area contributed by atoms with Crippen LogP contribution in [0, 0.1) is 19.3 Å². The molecule has 7 heteroatoms. The van der Waals surface area contributed by atoms with Gasteiger partial charge in [-0.3, -0.25) is 9.78 Å². The van der Waals surface area contributed by atoms with Gasteiger partial charge in [-0.25, -0.2) is 4.68 Å². The first-order valence-electron chi connectivity index (χ1n) is 10.2. The van der Waals surface area contributed by atoms with Gasteiger partial charge in [0.05, 0.1) is 24.1 Å². The predicted octanol–water partition coefficient (Wildman–Crippen LogP) is 4.85. The zero-order valence-electron chi connectivity index (χ0n) is 18.1. The fourth-order valence-corrected chi connectivity index (χ4v) is 4.58. The van der Waals surface area contributed by atoms with Gasteiger partial charge in [-0.05, 0) is 68.9 Å². The Labute approximate surface area is 181 Å². The van der Waals surface area contributed by atoms with Gasteiger partial charge in [0.15, 0.2) is 0 Å². The summed E-state index contributed by atoms with van der Waals surface area (Å²) < 4.78 is 7.19. The van der Waals surface area contributed by atoms with Crippen molar-refractivity contribution in [1.82, 2.24) is 20.0 Å². The largest absolute Gasteiger partial charge is 0.469 e. The van der Waals surface area contributed by atoms with E-state index in [0.29, 0.717) is 11.9 Å². The molecule has 3 aromatic rings. The lowest BCUT2D eigenvalue weighted by Crippen LogP contribution is -2.34. The topological polar surface area (TPSA) is 69.9 Å². The van der Waals surface area contributed by atoms with Crippen molar-refractivity contribution in [3.05, 3.63) is 52.3 Å². The van der Waals surface area contributed by atoms with Crippen molar-refractivity contribution in [2.45, 2.75) is 58.4 Å². The van der Waals surface area contributed by atoms with Crippen molar-refractivity contribution in [3.63, 3.8) is 0 Å². The maximum absolute atomic E-state index is 12.8. The Balaban J connectivity index is 1.92. The monoisotopic (exact) mass is 426 g/mol. The second-order valence-corrected chi connectivity index (χ2v) is 8.97. The summed E-state index contributed by atoms with van der Waals surface area (Å²) in [5.74, 6) is -0.177. The number of benzene rings is 1. The zero-order chi connectivity index (χ0) is 21.6. The summed E-state index contributed by atoms with van der Waals surface area (Å²) in [5, 5.41) is 8.86. The highest BCUT2D eigenvalue weighted by Gasteiger charge is 2.41. The molecule has 4 rings (SSSR count). The number of ether oxygens (including phenoxy) is 1. The average Bonchev–Trinajstić information content (AvgIpc) is 3.48. The molecule has 158 valence electrons. The summed E-state index contributed by atoms with van der Waals surface area (Å²) in [4.78, 5) is 17.4. The number of alkyl halides is 1. The Morgan fingerprint density at radius 1 is 1.33 bits per heavy atom. The predicted molar refractivity (Wildman–Crippen MR) is 117 cm³/mol. The number of pyridine rings is 1. The van der Waals surface area contributed by atoms with Crippen LogP contribution in [-0.2, 0) is 15.4 Å². The van der Waals surface area contributed by atoms with Crippen molar-refractivity contribution in [2.24, 2.45) is 5.41 Å². The molecule has 1 fully saturated rings. The molecule has 0 N–H and O–H groups in total. The summed E-state index contributed by atoms with van der Waals surface area (Å²) in [6.07, 6.45) is 4.13. The standard InChI is InChI=1S/C23H27ClN4O2/c1-13-18(8-9-19-21(13)26-27-28(19)17-6-7-17)20(23(3,4)22(29)30-5)16-10-15(11-24)14(2)25-12-16/h8-10,12,17,20H,6-7,11H2,1-5H3/t20-/m1/s1. The van der Waals surface area contributed by atoms with E-state index in [2.05, 4.69) is 33.5 Å². The molecule has 0 aliphatic heterocycles. The Hall–Kier alpha value is -2.47. The summed E-state index contributed by atoms with van der Waals surface area (Å²) in [7, 11) is 1.43. The van der Waals surface area contributed by atoms with Crippen LogP contribution in [-0.4, -0.2) is 33.1 Å². The molecule has 0 radical (unpaired) electrons. The molecule has 0 spiro atoms. The molecule has 2 aromatic heterocycles. The molecular formula is C23H27ClN4O2. The van der Waals surface area contributed by atoms with Gasteiger partial charge in [0, 0.05) is 23.7 Å². The molecule has 1 aliphatic carbocycles. The number of methoxy groups -OCH3 is 1. The van der Waals surface area contributed by atoms with E-state index in [9.17, 15) is 4.79 Å². The molecule has 2 heterocycles. The fourth-order valence-electron chi connectivity index (χ4n) is 4.31. The second kappa shape index (κ2) is 7.65. The van der Waals surface area contributed by atoms with Crippen LogP contribution in [0.4, 0.5) is 0 Å². The number of carbonyl (C=O) groups is 1. The average molecular weight is 427 g/mol. The van der Waals surface area contributed by atoms with Crippen LogP contribution in [0.1, 0.15) is 66.6 Å². The lowest BCUT2D eigenvalue weighted by Gasteiger charge is -2.33. The van der Waals surface area contributed by atoms with Gasteiger partial charge in [0.25, 0.3) is 0 Å². The van der Waals surface area contributed by atoms with Crippen LogP contribution >= 0.6 is 11.6 Å². The maximum atomic E-state index is 12.8. The number of esters is 1. The van der Waals surface area contributed by atoms with E-state index in [0.717, 1.165) is 51.8 Å². The fraction of sp³-hybridized carbons (Fsp3) is 0.478. The maximum Gasteiger partial charge on any atom is 0.312 e. The van der Waals surface area contributed by atoms with Crippen LogP contribution in [0.3, 0.4) is 0 Å². The molecule has 0 saturated heterocycles. The van der Waals surface area contributed by atoms with Crippen LogP contribution in [0.25, 0.3) is 11.0 Å². The number of fused-ring (bicyclic) bond motifs is 1. The van der Waals surface area contributed by atoms with Crippen molar-refractivity contribution >= 4 is 28.6 Å². The molecule has 0 bridgehead atoms. The van der Waals surface area contributed by atoms with Gasteiger partial charge in [-0.1, -0.05) is 17.3 Å². The number of rotatable bonds is 6. The van der Waals surface area contributed by atoms with Gasteiger partial charge < -0.3 is 4.74 Å². The quantitative estimate of drug-likeness (QED) is 0.416. The van der Waals surface area contributed by atoms with Crippen LogP contribution in [0.15, 0.2) is 24.4 Å². The number of hydrogen-bond acceptors (Lipinski definition) is 5. The third-order valence-corrected chi connectivity index (χ3v) is 6.55. The minimum atomic E-state index is -0.819. The Kier molecular flexibility index (Phi) is 5.30. The number of nitrogens with zero attached hydrogens (tertiary/aromatic N) is 4. The minimum Gasteiger partial charge on any atom is -0.469 e. The van der Waals surface area contributed by atoms with Crippen molar-refractivity contribution in [2.75, 3.05) is 7.11 Å². The van der Waals surface area contributed by atoms with E-state index in [1.807, 2.05) is 38.6 Å². The van der Waals surface area contributed by atoms with E-state index in [1.165, 1.54) is 7.11 Å². The van der Waals surface area contributed by atoms with Crippen LogP contribution < -0.4 is 0 Å². The Bertz CT molecular complexity index is 1120. The number of carbonyl (C=O) groups excluding carboxylic acids is 1. The third kappa shape index (κ3) is 3.37. The van der Waals surface area contributed by atoms with Gasteiger partial charge in [-0.15, -0.1) is 16.7 Å². The summed E-state index contributed by atoms with van der Waals surface area (Å²) in [6.45, 7) is 7.81. The highest BCUT2D eigenvalue weighted by atomic mass is 35.5. The number of aryl methyl sites for hydroxylation is 2. The lowest BCUT2D eigenvalue weighted by atomic mass is 9.70. The van der Waals surface area contributed by atoms with Crippen molar-refractivity contribution < 1.29 is 9.53 Å². The molecule has 30 heavy (non-hydrogen) atoms. The first-order valence-corrected chi connectivity index (χ1v) is 10.8. The second-order valence-electron chi connectivity index (χ2n) is 8.71. The van der Waals surface area contributed by atoms with Crippen LogP contribution in [0.2, 0.25) is 0 Å². The lowest BCUT2D eigenvalue weighted by molar-refractivity contribution is -0.151. The number of halogens is 1. The Morgan fingerprint density at radius 2 is 2.07 bits per heavy atom. The van der Waals surface area contributed by atoms with Gasteiger partial charge in [0.2, 0.25) is 0 Å². The van der Waals surface area contributed by atoms with E-state index in [-0.39, 0.29) is 11.9 Å². The van der Waals surface area contributed by atoms with Crippen LogP contribution in [0.5, 0.6) is 0 Å². The van der Waals surface area contributed by atoms with E-state index in [4.69, 9.17) is 16.3 Å². The molecule has 0 amide bonds. The van der Waals surface area contributed by atoms with Gasteiger partial charge in [-0.2, -0.15) is 0 Å². The Morgan fingerprint density at radius 3 is 2.70 bits per heavy atom.